The summed E-state index contributed by atoms with van der Waals surface area (Å²) in [5.41, 5.74) is 2.97. The molecule has 2 unspecified atom stereocenters. The second kappa shape index (κ2) is 7.38. The zero-order chi connectivity index (χ0) is 18.0. The van der Waals surface area contributed by atoms with Gasteiger partial charge in [0.15, 0.2) is 0 Å². The first-order valence-corrected chi connectivity index (χ1v) is 9.32. The highest BCUT2D eigenvalue weighted by atomic mass is 16.2. The lowest BCUT2D eigenvalue weighted by molar-refractivity contribution is -0.142. The topological polar surface area (TPSA) is 66.5 Å². The molecule has 1 aliphatic heterocycles. The predicted molar refractivity (Wildman–Crippen MR) is 96.0 cm³/mol. The summed E-state index contributed by atoms with van der Waals surface area (Å²) in [5, 5.41) is 2.95. The van der Waals surface area contributed by atoms with Crippen molar-refractivity contribution in [2.45, 2.75) is 52.4 Å². The van der Waals surface area contributed by atoms with Crippen LogP contribution in [0.3, 0.4) is 0 Å². The Morgan fingerprint density at radius 1 is 1.04 bits per heavy atom. The molecule has 2 atom stereocenters. The van der Waals surface area contributed by atoms with E-state index in [9.17, 15) is 14.4 Å². The summed E-state index contributed by atoms with van der Waals surface area (Å²) < 4.78 is 0. The fraction of sp³-hybridized carbons (Fsp3) is 0.550. The van der Waals surface area contributed by atoms with Crippen LogP contribution in [-0.2, 0) is 27.2 Å². The molecule has 1 N–H and O–H groups in total. The van der Waals surface area contributed by atoms with Crippen LogP contribution in [-0.4, -0.2) is 29.2 Å². The van der Waals surface area contributed by atoms with Crippen LogP contribution in [0.5, 0.6) is 0 Å². The molecule has 0 aromatic heterocycles. The molecule has 5 nitrogen and oxygen atoms in total. The van der Waals surface area contributed by atoms with Gasteiger partial charge < -0.3 is 5.32 Å². The normalized spacial score (nSPS) is 22.9. The van der Waals surface area contributed by atoms with Gasteiger partial charge in [-0.3, -0.25) is 19.3 Å². The Morgan fingerprint density at radius 2 is 1.56 bits per heavy atom. The molecule has 2 fully saturated rings. The molecule has 0 spiro atoms. The Kier molecular flexibility index (Phi) is 5.21. The molecule has 1 heterocycles. The average molecular weight is 342 g/mol. The number of para-hydroxylation sites is 1. The molecule has 1 saturated heterocycles. The molecule has 2 aliphatic rings. The maximum absolute atomic E-state index is 12.5. The third kappa shape index (κ3) is 3.32. The minimum Gasteiger partial charge on any atom is -0.324 e. The van der Waals surface area contributed by atoms with E-state index >= 15 is 0 Å². The van der Waals surface area contributed by atoms with Gasteiger partial charge in [-0.15, -0.1) is 0 Å². The van der Waals surface area contributed by atoms with Gasteiger partial charge in [-0.05, 0) is 36.8 Å². The number of likely N-dealkylation sites (tertiary alicyclic amines) is 1. The van der Waals surface area contributed by atoms with Crippen molar-refractivity contribution in [3.8, 4) is 0 Å². The number of carbonyl (C=O) groups is 3. The van der Waals surface area contributed by atoms with E-state index in [0.717, 1.165) is 55.3 Å². The number of nitrogens with one attached hydrogen (secondary N) is 1. The number of rotatable bonds is 5. The summed E-state index contributed by atoms with van der Waals surface area (Å²) in [6.45, 7) is 3.91. The number of nitrogens with zero attached hydrogens (tertiary/aromatic N) is 1. The molecule has 3 rings (SSSR count). The molecule has 3 amide bonds. The fourth-order valence-corrected chi connectivity index (χ4v) is 4.11. The van der Waals surface area contributed by atoms with E-state index in [0.29, 0.717) is 0 Å². The highest BCUT2D eigenvalue weighted by Gasteiger charge is 2.48. The smallest absolute Gasteiger partial charge is 0.244 e. The first kappa shape index (κ1) is 17.6. The summed E-state index contributed by atoms with van der Waals surface area (Å²) in [6.07, 6.45) is 5.15. The lowest BCUT2D eigenvalue weighted by atomic mass is 9.81. The van der Waals surface area contributed by atoms with E-state index in [2.05, 4.69) is 5.32 Å². The molecule has 0 radical (unpaired) electrons. The summed E-state index contributed by atoms with van der Waals surface area (Å²) >= 11 is 0. The van der Waals surface area contributed by atoms with Crippen LogP contribution in [0.25, 0.3) is 0 Å². The van der Waals surface area contributed by atoms with Crippen molar-refractivity contribution >= 4 is 23.4 Å². The van der Waals surface area contributed by atoms with E-state index in [1.165, 1.54) is 4.90 Å². The van der Waals surface area contributed by atoms with E-state index in [-0.39, 0.29) is 36.1 Å². The van der Waals surface area contributed by atoms with Crippen LogP contribution in [0.15, 0.2) is 18.2 Å². The number of hydrogen-bond donors (Lipinski definition) is 1. The van der Waals surface area contributed by atoms with Crippen molar-refractivity contribution in [2.24, 2.45) is 11.8 Å². The number of imide groups is 1. The van der Waals surface area contributed by atoms with E-state index < -0.39 is 0 Å². The maximum atomic E-state index is 12.5. The van der Waals surface area contributed by atoms with Crippen molar-refractivity contribution in [1.29, 1.82) is 0 Å². The van der Waals surface area contributed by atoms with Gasteiger partial charge in [0.05, 0.1) is 11.8 Å². The Labute approximate surface area is 148 Å². The van der Waals surface area contributed by atoms with Gasteiger partial charge in [0.2, 0.25) is 17.7 Å². The van der Waals surface area contributed by atoms with Crippen LogP contribution >= 0.6 is 0 Å². The van der Waals surface area contributed by atoms with Crippen LogP contribution < -0.4 is 5.32 Å². The number of benzene rings is 1. The summed E-state index contributed by atoms with van der Waals surface area (Å²) in [6, 6.07) is 5.98. The van der Waals surface area contributed by atoms with E-state index in [1.54, 1.807) is 0 Å². The highest BCUT2D eigenvalue weighted by molar-refractivity contribution is 6.08. The van der Waals surface area contributed by atoms with Crippen LogP contribution in [0.2, 0.25) is 0 Å². The quantitative estimate of drug-likeness (QED) is 0.837. The molecule has 1 saturated carbocycles. The van der Waals surface area contributed by atoms with Crippen molar-refractivity contribution < 1.29 is 14.4 Å². The van der Waals surface area contributed by atoms with Crippen molar-refractivity contribution in [3.63, 3.8) is 0 Å². The molecule has 25 heavy (non-hydrogen) atoms. The Hall–Kier alpha value is -2.17. The third-order valence-electron chi connectivity index (χ3n) is 5.50. The highest BCUT2D eigenvalue weighted by Crippen LogP contribution is 2.37. The second-order valence-corrected chi connectivity index (χ2v) is 6.97. The van der Waals surface area contributed by atoms with Gasteiger partial charge >= 0.3 is 0 Å². The lowest BCUT2D eigenvalue weighted by Crippen LogP contribution is -2.38. The first-order chi connectivity index (χ1) is 12.1. The van der Waals surface area contributed by atoms with Crippen LogP contribution in [0, 0.1) is 11.8 Å². The number of anilines is 1. The molecule has 0 bridgehead atoms. The van der Waals surface area contributed by atoms with Crippen molar-refractivity contribution in [3.05, 3.63) is 29.3 Å². The number of aryl methyl sites for hydroxylation is 2. The van der Waals surface area contributed by atoms with Gasteiger partial charge in [-0.25, -0.2) is 0 Å². The maximum Gasteiger partial charge on any atom is 0.244 e. The van der Waals surface area contributed by atoms with Gasteiger partial charge in [0.1, 0.15) is 6.54 Å². The Bertz CT molecular complexity index is 652. The predicted octanol–water partition coefficient (Wildman–Crippen LogP) is 2.93. The second-order valence-electron chi connectivity index (χ2n) is 6.97. The molecule has 1 aromatic rings. The molecule has 1 aromatic carbocycles. The fourth-order valence-electron chi connectivity index (χ4n) is 4.11. The molecule has 134 valence electrons. The zero-order valence-electron chi connectivity index (χ0n) is 15.0. The lowest BCUT2D eigenvalue weighted by Gasteiger charge is -2.19. The molecular formula is C20H26N2O3. The molecule has 1 aliphatic carbocycles. The monoisotopic (exact) mass is 342 g/mol. The minimum absolute atomic E-state index is 0.163. The van der Waals surface area contributed by atoms with Crippen molar-refractivity contribution in [1.82, 2.24) is 4.90 Å². The minimum atomic E-state index is -0.295. The summed E-state index contributed by atoms with van der Waals surface area (Å²) in [7, 11) is 0. The van der Waals surface area contributed by atoms with Gasteiger partial charge in [-0.2, -0.15) is 0 Å². The SMILES string of the molecule is CCc1cccc(CC)c1NC(=O)CN1C(=O)C2CCCCC2C1=O. The summed E-state index contributed by atoms with van der Waals surface area (Å²) in [5.74, 6) is -1.03. The summed E-state index contributed by atoms with van der Waals surface area (Å²) in [4.78, 5) is 38.7. The Morgan fingerprint density at radius 3 is 2.04 bits per heavy atom. The first-order valence-electron chi connectivity index (χ1n) is 9.32. The van der Waals surface area contributed by atoms with Crippen LogP contribution in [0.4, 0.5) is 5.69 Å². The number of carbonyl (C=O) groups excluding carboxylic acids is 3. The standard InChI is InChI=1S/C20H26N2O3/c1-3-13-8-7-9-14(4-2)18(13)21-17(23)12-22-19(24)15-10-5-6-11-16(15)20(22)25/h7-9,15-16H,3-6,10-12H2,1-2H3,(H,21,23). The zero-order valence-corrected chi connectivity index (χ0v) is 15.0. The van der Waals surface area contributed by atoms with E-state index in [4.69, 9.17) is 0 Å². The number of fused-ring (bicyclic) bond motifs is 1. The largest absolute Gasteiger partial charge is 0.324 e. The average Bonchev–Trinajstić information content (AvgIpc) is 2.87. The van der Waals surface area contributed by atoms with Crippen LogP contribution in [0.1, 0.15) is 50.7 Å². The molecular weight excluding hydrogens is 316 g/mol. The molecule has 5 heteroatoms. The number of hydrogen-bond acceptors (Lipinski definition) is 3. The number of amides is 3. The third-order valence-corrected chi connectivity index (χ3v) is 5.50. The van der Waals surface area contributed by atoms with Crippen molar-refractivity contribution in [2.75, 3.05) is 11.9 Å². The Balaban J connectivity index is 1.73. The van der Waals surface area contributed by atoms with Gasteiger partial charge in [0, 0.05) is 5.69 Å². The van der Waals surface area contributed by atoms with E-state index in [1.807, 2.05) is 32.0 Å². The van der Waals surface area contributed by atoms with Gasteiger partial charge in [0.25, 0.3) is 0 Å². The van der Waals surface area contributed by atoms with Gasteiger partial charge in [-0.1, -0.05) is 44.9 Å².